The molecule has 0 amide bonds. The Labute approximate surface area is 116 Å². The van der Waals surface area contributed by atoms with E-state index in [4.69, 9.17) is 10.5 Å². The Balaban J connectivity index is 2.14. The third-order valence-electron chi connectivity index (χ3n) is 2.69. The van der Waals surface area contributed by atoms with Crippen LogP contribution in [0.5, 0.6) is 11.5 Å². The van der Waals surface area contributed by atoms with Gasteiger partial charge in [-0.15, -0.1) is 0 Å². The quantitative estimate of drug-likeness (QED) is 0.925. The van der Waals surface area contributed by atoms with Crippen LogP contribution in [0.3, 0.4) is 0 Å². The molecule has 0 aliphatic rings. The van der Waals surface area contributed by atoms with Crippen molar-refractivity contribution in [2.45, 2.75) is 13.3 Å². The summed E-state index contributed by atoms with van der Waals surface area (Å²) in [6, 6.07) is 14.0. The smallest absolute Gasteiger partial charge is 0.128 e. The maximum absolute atomic E-state index is 5.79. The molecule has 0 spiro atoms. The molecule has 0 heterocycles. The highest BCUT2D eigenvalue weighted by Crippen LogP contribution is 2.27. The van der Waals surface area contributed by atoms with Gasteiger partial charge in [0.25, 0.3) is 0 Å². The van der Waals surface area contributed by atoms with Gasteiger partial charge in [0.2, 0.25) is 0 Å². The zero-order valence-corrected chi connectivity index (χ0v) is 11.9. The van der Waals surface area contributed by atoms with E-state index in [1.807, 2.05) is 42.5 Å². The highest BCUT2D eigenvalue weighted by molar-refractivity contribution is 9.10. The van der Waals surface area contributed by atoms with Crippen LogP contribution in [0.4, 0.5) is 0 Å². The average Bonchev–Trinajstić information content (AvgIpc) is 2.36. The van der Waals surface area contributed by atoms with E-state index >= 15 is 0 Å². The van der Waals surface area contributed by atoms with Crippen LogP contribution in [0.1, 0.15) is 11.1 Å². The monoisotopic (exact) mass is 305 g/mol. The van der Waals surface area contributed by atoms with Crippen molar-refractivity contribution in [3.63, 3.8) is 0 Å². The molecule has 2 N–H and O–H groups in total. The van der Waals surface area contributed by atoms with Gasteiger partial charge in [-0.1, -0.05) is 39.7 Å². The van der Waals surface area contributed by atoms with E-state index in [0.29, 0.717) is 6.54 Å². The van der Waals surface area contributed by atoms with Crippen LogP contribution in [0.25, 0.3) is 0 Å². The molecule has 0 radical (unpaired) electrons. The fourth-order valence-electron chi connectivity index (χ4n) is 1.69. The van der Waals surface area contributed by atoms with Gasteiger partial charge in [0.1, 0.15) is 11.5 Å². The van der Waals surface area contributed by atoms with E-state index in [9.17, 15) is 0 Å². The lowest BCUT2D eigenvalue weighted by molar-refractivity contribution is 0.482. The van der Waals surface area contributed by atoms with Gasteiger partial charge in [-0.25, -0.2) is 0 Å². The number of ether oxygens (including phenoxy) is 1. The van der Waals surface area contributed by atoms with Crippen molar-refractivity contribution < 1.29 is 4.74 Å². The van der Waals surface area contributed by atoms with Crippen LogP contribution < -0.4 is 10.5 Å². The van der Waals surface area contributed by atoms with Gasteiger partial charge in [0, 0.05) is 4.47 Å². The van der Waals surface area contributed by atoms with Crippen molar-refractivity contribution in [2.24, 2.45) is 5.73 Å². The molecular weight excluding hydrogens is 290 g/mol. The molecule has 0 aromatic heterocycles. The molecule has 0 saturated carbocycles. The van der Waals surface area contributed by atoms with Gasteiger partial charge in [0.15, 0.2) is 0 Å². The average molecular weight is 306 g/mol. The summed E-state index contributed by atoms with van der Waals surface area (Å²) >= 11 is 3.54. The van der Waals surface area contributed by atoms with Gasteiger partial charge < -0.3 is 10.5 Å². The predicted octanol–water partition coefficient (Wildman–Crippen LogP) is 4.05. The Kier molecular flexibility index (Phi) is 4.39. The van der Waals surface area contributed by atoms with Crippen LogP contribution in [0.15, 0.2) is 46.9 Å². The largest absolute Gasteiger partial charge is 0.457 e. The lowest BCUT2D eigenvalue weighted by Crippen LogP contribution is -2.03. The third kappa shape index (κ3) is 3.34. The zero-order chi connectivity index (χ0) is 13.0. The Morgan fingerprint density at radius 2 is 1.72 bits per heavy atom. The second-order valence-corrected chi connectivity index (χ2v) is 5.06. The third-order valence-corrected chi connectivity index (χ3v) is 3.43. The molecule has 2 aromatic rings. The number of hydrogen-bond donors (Lipinski definition) is 1. The Morgan fingerprint density at radius 3 is 2.33 bits per heavy atom. The maximum atomic E-state index is 5.79. The molecule has 2 aromatic carbocycles. The van der Waals surface area contributed by atoms with Crippen LogP contribution >= 0.6 is 15.9 Å². The van der Waals surface area contributed by atoms with E-state index in [1.165, 1.54) is 11.1 Å². The highest BCUT2D eigenvalue weighted by atomic mass is 79.9. The summed E-state index contributed by atoms with van der Waals surface area (Å²) in [4.78, 5) is 0. The lowest BCUT2D eigenvalue weighted by Gasteiger charge is -2.08. The molecule has 0 saturated heterocycles. The van der Waals surface area contributed by atoms with Crippen molar-refractivity contribution >= 4 is 15.9 Å². The summed E-state index contributed by atoms with van der Waals surface area (Å²) in [5, 5.41) is 0. The van der Waals surface area contributed by atoms with Gasteiger partial charge in [0.05, 0.1) is 0 Å². The van der Waals surface area contributed by atoms with E-state index in [1.54, 1.807) is 0 Å². The van der Waals surface area contributed by atoms with E-state index in [2.05, 4.69) is 22.9 Å². The summed E-state index contributed by atoms with van der Waals surface area (Å²) in [6.07, 6.45) is 0.866. The lowest BCUT2D eigenvalue weighted by atomic mass is 10.1. The molecule has 3 heteroatoms. The summed E-state index contributed by atoms with van der Waals surface area (Å²) in [5.74, 6) is 1.67. The molecule has 2 nitrogen and oxygen atoms in total. The first kappa shape index (κ1) is 13.1. The molecule has 2 rings (SSSR count). The number of nitrogens with two attached hydrogens (primary N) is 1. The second kappa shape index (κ2) is 6.03. The van der Waals surface area contributed by atoms with Crippen LogP contribution in [-0.2, 0) is 6.42 Å². The van der Waals surface area contributed by atoms with Crippen molar-refractivity contribution in [3.8, 4) is 11.5 Å². The SMILES string of the molecule is Cc1ccc(Oc2ccc(CCN)c(Br)c2)cc1. The molecule has 0 aliphatic carbocycles. The molecule has 0 fully saturated rings. The van der Waals surface area contributed by atoms with Gasteiger partial charge in [-0.3, -0.25) is 0 Å². The molecule has 0 atom stereocenters. The van der Waals surface area contributed by atoms with Gasteiger partial charge in [-0.05, 0) is 49.7 Å². The topological polar surface area (TPSA) is 35.2 Å². The van der Waals surface area contributed by atoms with Crippen LogP contribution in [0.2, 0.25) is 0 Å². The maximum Gasteiger partial charge on any atom is 0.128 e. The first-order valence-corrected chi connectivity index (χ1v) is 6.71. The first-order chi connectivity index (χ1) is 8.69. The Bertz CT molecular complexity index is 523. The van der Waals surface area contributed by atoms with Crippen molar-refractivity contribution in [2.75, 3.05) is 6.54 Å². The summed E-state index contributed by atoms with van der Waals surface area (Å²) in [5.41, 5.74) is 7.98. The summed E-state index contributed by atoms with van der Waals surface area (Å²) in [7, 11) is 0. The fourth-order valence-corrected chi connectivity index (χ4v) is 2.25. The second-order valence-electron chi connectivity index (χ2n) is 4.21. The minimum absolute atomic E-state index is 0.650. The van der Waals surface area contributed by atoms with E-state index in [-0.39, 0.29) is 0 Å². The fraction of sp³-hybridized carbons (Fsp3) is 0.200. The molecule has 0 unspecified atom stereocenters. The normalized spacial score (nSPS) is 10.4. The predicted molar refractivity (Wildman–Crippen MR) is 78.2 cm³/mol. The molecule has 18 heavy (non-hydrogen) atoms. The van der Waals surface area contributed by atoms with Crippen molar-refractivity contribution in [1.29, 1.82) is 0 Å². The number of aryl methyl sites for hydroxylation is 1. The Hall–Kier alpha value is -1.32. The van der Waals surface area contributed by atoms with Gasteiger partial charge >= 0.3 is 0 Å². The molecule has 0 bridgehead atoms. The van der Waals surface area contributed by atoms with E-state index in [0.717, 1.165) is 22.4 Å². The number of hydrogen-bond acceptors (Lipinski definition) is 2. The summed E-state index contributed by atoms with van der Waals surface area (Å²) < 4.78 is 6.83. The zero-order valence-electron chi connectivity index (χ0n) is 10.3. The highest BCUT2D eigenvalue weighted by Gasteiger charge is 2.02. The van der Waals surface area contributed by atoms with E-state index < -0.39 is 0 Å². The molecule has 0 aliphatic heterocycles. The van der Waals surface area contributed by atoms with Gasteiger partial charge in [-0.2, -0.15) is 0 Å². The Morgan fingerprint density at radius 1 is 1.06 bits per heavy atom. The standard InChI is InChI=1S/C15H16BrNO/c1-11-2-5-13(6-3-11)18-14-7-4-12(8-9-17)15(16)10-14/h2-7,10H,8-9,17H2,1H3. The number of rotatable bonds is 4. The summed E-state index contributed by atoms with van der Waals surface area (Å²) in [6.45, 7) is 2.71. The number of benzene rings is 2. The minimum Gasteiger partial charge on any atom is -0.457 e. The van der Waals surface area contributed by atoms with Crippen LogP contribution in [0, 0.1) is 6.92 Å². The number of halogens is 1. The van der Waals surface area contributed by atoms with Crippen molar-refractivity contribution in [1.82, 2.24) is 0 Å². The minimum atomic E-state index is 0.650. The molecular formula is C15H16BrNO. The first-order valence-electron chi connectivity index (χ1n) is 5.92. The molecule has 94 valence electrons. The van der Waals surface area contributed by atoms with Crippen LogP contribution in [-0.4, -0.2) is 6.54 Å². The van der Waals surface area contributed by atoms with Crippen molar-refractivity contribution in [3.05, 3.63) is 58.1 Å².